The van der Waals surface area contributed by atoms with Crippen LogP contribution in [-0.4, -0.2) is 22.5 Å². The number of nitrogens with zero attached hydrogens (tertiary/aromatic N) is 2. The molecule has 0 aliphatic rings. The van der Waals surface area contributed by atoms with Gasteiger partial charge in [0.2, 0.25) is 5.88 Å². The van der Waals surface area contributed by atoms with E-state index < -0.39 is 0 Å². The molecule has 0 aliphatic heterocycles. The minimum Gasteiger partial charge on any atom is -0.462 e. The van der Waals surface area contributed by atoms with E-state index in [9.17, 15) is 4.79 Å². The first-order valence-electron chi connectivity index (χ1n) is 5.61. The molecule has 2 aromatic rings. The lowest BCUT2D eigenvalue weighted by molar-refractivity contribution is 0.0526. The number of esters is 1. The molecule has 0 saturated carbocycles. The third-order valence-electron chi connectivity index (χ3n) is 2.21. The number of rotatable bonds is 4. The number of benzene rings is 1. The largest absolute Gasteiger partial charge is 0.462 e. The summed E-state index contributed by atoms with van der Waals surface area (Å²) in [7, 11) is 0. The van der Waals surface area contributed by atoms with Gasteiger partial charge < -0.3 is 9.47 Å². The zero-order chi connectivity index (χ0) is 13.7. The molecule has 6 heteroatoms. The lowest BCUT2D eigenvalue weighted by Gasteiger charge is -2.06. The fraction of sp³-hybridized carbons (Fsp3) is 0.154. The second kappa shape index (κ2) is 6.15. The fourth-order valence-electron chi connectivity index (χ4n) is 1.36. The first-order valence-corrected chi connectivity index (χ1v) is 5.99. The van der Waals surface area contributed by atoms with Crippen LogP contribution in [0, 0.1) is 0 Å². The van der Waals surface area contributed by atoms with Crippen molar-refractivity contribution in [1.82, 2.24) is 9.97 Å². The standard InChI is InChI=1S/C13H11ClN2O3/c1-2-18-13(17)9-3-5-10(6-4-9)19-12-11(14)7-15-8-16-12/h3-8H,2H2,1H3. The van der Waals surface area contributed by atoms with E-state index >= 15 is 0 Å². The van der Waals surface area contributed by atoms with Crippen molar-refractivity contribution in [3.63, 3.8) is 0 Å². The van der Waals surface area contributed by atoms with Gasteiger partial charge in [0.15, 0.2) is 0 Å². The molecule has 0 unspecified atom stereocenters. The number of hydrogen-bond donors (Lipinski definition) is 0. The van der Waals surface area contributed by atoms with Gasteiger partial charge in [-0.2, -0.15) is 0 Å². The number of hydrogen-bond acceptors (Lipinski definition) is 5. The van der Waals surface area contributed by atoms with E-state index in [4.69, 9.17) is 21.1 Å². The number of carbonyl (C=O) groups is 1. The predicted octanol–water partition coefficient (Wildman–Crippen LogP) is 3.10. The van der Waals surface area contributed by atoms with Gasteiger partial charge in [0.05, 0.1) is 18.4 Å². The van der Waals surface area contributed by atoms with E-state index in [1.807, 2.05) is 0 Å². The average molecular weight is 279 g/mol. The van der Waals surface area contributed by atoms with Gasteiger partial charge in [-0.3, -0.25) is 0 Å². The Labute approximate surface area is 115 Å². The Morgan fingerprint density at radius 1 is 1.32 bits per heavy atom. The molecule has 98 valence electrons. The van der Waals surface area contributed by atoms with Crippen molar-refractivity contribution in [2.75, 3.05) is 6.61 Å². The highest BCUT2D eigenvalue weighted by molar-refractivity contribution is 6.31. The first-order chi connectivity index (χ1) is 9.20. The maximum absolute atomic E-state index is 11.5. The van der Waals surface area contributed by atoms with Gasteiger partial charge in [0.1, 0.15) is 17.1 Å². The average Bonchev–Trinajstić information content (AvgIpc) is 2.42. The zero-order valence-corrected chi connectivity index (χ0v) is 10.9. The van der Waals surface area contributed by atoms with Crippen LogP contribution in [-0.2, 0) is 4.74 Å². The van der Waals surface area contributed by atoms with Crippen molar-refractivity contribution in [2.24, 2.45) is 0 Å². The van der Waals surface area contributed by atoms with Crippen LogP contribution >= 0.6 is 11.6 Å². The molecule has 0 saturated heterocycles. The van der Waals surface area contributed by atoms with E-state index in [-0.39, 0.29) is 11.8 Å². The predicted molar refractivity (Wildman–Crippen MR) is 69.5 cm³/mol. The highest BCUT2D eigenvalue weighted by atomic mass is 35.5. The summed E-state index contributed by atoms with van der Waals surface area (Å²) in [6, 6.07) is 6.51. The summed E-state index contributed by atoms with van der Waals surface area (Å²) in [6.45, 7) is 2.10. The summed E-state index contributed by atoms with van der Waals surface area (Å²) in [5.74, 6) is 0.420. The molecule has 0 radical (unpaired) electrons. The Balaban J connectivity index is 2.11. The third kappa shape index (κ3) is 3.42. The lowest BCUT2D eigenvalue weighted by atomic mass is 10.2. The molecule has 5 nitrogen and oxygen atoms in total. The Morgan fingerprint density at radius 3 is 2.68 bits per heavy atom. The van der Waals surface area contributed by atoms with Crippen molar-refractivity contribution in [2.45, 2.75) is 6.92 Å². The summed E-state index contributed by atoms with van der Waals surface area (Å²) in [5, 5.41) is 0.317. The van der Waals surface area contributed by atoms with Crippen LogP contribution < -0.4 is 4.74 Å². The molecular formula is C13H11ClN2O3. The third-order valence-corrected chi connectivity index (χ3v) is 2.47. The highest BCUT2D eigenvalue weighted by Crippen LogP contribution is 2.25. The minimum atomic E-state index is -0.367. The number of halogens is 1. The molecule has 0 aliphatic carbocycles. The van der Waals surface area contributed by atoms with Gasteiger partial charge in [-0.15, -0.1) is 0 Å². The van der Waals surface area contributed by atoms with Crippen molar-refractivity contribution < 1.29 is 14.3 Å². The second-order valence-corrected chi connectivity index (χ2v) is 3.93. The normalized spacial score (nSPS) is 10.0. The Hall–Kier alpha value is -2.14. The van der Waals surface area contributed by atoms with E-state index in [0.29, 0.717) is 22.9 Å². The summed E-state index contributed by atoms with van der Waals surface area (Å²) in [6.07, 6.45) is 2.78. The number of carbonyl (C=O) groups excluding carboxylic acids is 1. The van der Waals surface area contributed by atoms with Crippen LogP contribution in [0.15, 0.2) is 36.8 Å². The van der Waals surface area contributed by atoms with Crippen molar-refractivity contribution in [3.8, 4) is 11.6 Å². The minimum absolute atomic E-state index is 0.264. The van der Waals surface area contributed by atoms with Crippen molar-refractivity contribution in [3.05, 3.63) is 47.4 Å². The van der Waals surface area contributed by atoms with Crippen LogP contribution in [0.25, 0.3) is 0 Å². The number of aromatic nitrogens is 2. The van der Waals surface area contributed by atoms with Crippen LogP contribution in [0.3, 0.4) is 0 Å². The fourth-order valence-corrected chi connectivity index (χ4v) is 1.51. The Kier molecular flexibility index (Phi) is 4.30. The Bertz CT molecular complexity index is 572. The van der Waals surface area contributed by atoms with E-state index in [1.54, 1.807) is 31.2 Å². The summed E-state index contributed by atoms with van der Waals surface area (Å²) < 4.78 is 10.4. The van der Waals surface area contributed by atoms with Crippen LogP contribution in [0.4, 0.5) is 0 Å². The molecule has 0 amide bonds. The molecule has 19 heavy (non-hydrogen) atoms. The number of ether oxygens (including phenoxy) is 2. The summed E-state index contributed by atoms with van der Waals surface area (Å²) in [4.78, 5) is 19.1. The van der Waals surface area contributed by atoms with E-state index in [1.165, 1.54) is 12.5 Å². The lowest BCUT2D eigenvalue weighted by Crippen LogP contribution is -2.04. The van der Waals surface area contributed by atoms with Gasteiger partial charge >= 0.3 is 5.97 Å². The summed E-state index contributed by atoms with van der Waals surface area (Å²) in [5.41, 5.74) is 0.461. The SMILES string of the molecule is CCOC(=O)c1ccc(Oc2ncncc2Cl)cc1. The van der Waals surface area contributed by atoms with Gasteiger partial charge in [-0.25, -0.2) is 14.8 Å². The maximum Gasteiger partial charge on any atom is 0.338 e. The molecule has 1 aromatic heterocycles. The molecule has 0 N–H and O–H groups in total. The van der Waals surface area contributed by atoms with Crippen LogP contribution in [0.1, 0.15) is 17.3 Å². The van der Waals surface area contributed by atoms with Crippen LogP contribution in [0.2, 0.25) is 5.02 Å². The molecule has 1 heterocycles. The second-order valence-electron chi connectivity index (χ2n) is 3.52. The molecular weight excluding hydrogens is 268 g/mol. The molecule has 0 bridgehead atoms. The quantitative estimate of drug-likeness (QED) is 0.804. The topological polar surface area (TPSA) is 61.3 Å². The first kappa shape index (κ1) is 13.3. The van der Waals surface area contributed by atoms with Crippen LogP contribution in [0.5, 0.6) is 11.6 Å². The molecule has 2 rings (SSSR count). The maximum atomic E-state index is 11.5. The molecule has 0 fully saturated rings. The van der Waals surface area contributed by atoms with Gasteiger partial charge in [0, 0.05) is 0 Å². The zero-order valence-electron chi connectivity index (χ0n) is 10.2. The van der Waals surface area contributed by atoms with Gasteiger partial charge in [-0.05, 0) is 31.2 Å². The van der Waals surface area contributed by atoms with Gasteiger partial charge in [0.25, 0.3) is 0 Å². The molecule has 0 spiro atoms. The van der Waals surface area contributed by atoms with E-state index in [2.05, 4.69) is 9.97 Å². The Morgan fingerprint density at radius 2 is 2.05 bits per heavy atom. The summed E-state index contributed by atoms with van der Waals surface area (Å²) >= 11 is 5.87. The smallest absolute Gasteiger partial charge is 0.338 e. The van der Waals surface area contributed by atoms with E-state index in [0.717, 1.165) is 0 Å². The molecule has 0 atom stereocenters. The van der Waals surface area contributed by atoms with Gasteiger partial charge in [-0.1, -0.05) is 11.6 Å². The highest BCUT2D eigenvalue weighted by Gasteiger charge is 2.08. The van der Waals surface area contributed by atoms with Crippen molar-refractivity contribution in [1.29, 1.82) is 0 Å². The van der Waals surface area contributed by atoms with Crippen molar-refractivity contribution >= 4 is 17.6 Å². The molecule has 1 aromatic carbocycles. The monoisotopic (exact) mass is 278 g/mol.